The van der Waals surface area contributed by atoms with Gasteiger partial charge in [0.15, 0.2) is 0 Å². The van der Waals surface area contributed by atoms with Gasteiger partial charge in [-0.25, -0.2) is 0 Å². The molecule has 28 heavy (non-hydrogen) atoms. The first kappa shape index (κ1) is 20.2. The van der Waals surface area contributed by atoms with Gasteiger partial charge in [0, 0.05) is 11.6 Å². The number of rotatable bonds is 6. The SMILES string of the molecule is O=C(CNC(=O)C1CCN(c2cc(Cl)ccc2Cl)C1=O)OCc1ccccc1. The van der Waals surface area contributed by atoms with Gasteiger partial charge in [0.1, 0.15) is 19.1 Å². The summed E-state index contributed by atoms with van der Waals surface area (Å²) in [4.78, 5) is 38.2. The molecule has 1 aliphatic rings. The lowest BCUT2D eigenvalue weighted by atomic mass is 10.1. The fraction of sp³-hybridized carbons (Fsp3) is 0.250. The van der Waals surface area contributed by atoms with Gasteiger partial charge in [-0.3, -0.25) is 14.4 Å². The summed E-state index contributed by atoms with van der Waals surface area (Å²) in [5.74, 6) is -2.34. The van der Waals surface area contributed by atoms with E-state index < -0.39 is 17.8 Å². The summed E-state index contributed by atoms with van der Waals surface area (Å²) in [6, 6.07) is 14.0. The fourth-order valence-corrected chi connectivity index (χ4v) is 3.31. The number of carbonyl (C=O) groups is 3. The van der Waals surface area contributed by atoms with Gasteiger partial charge < -0.3 is 15.0 Å². The van der Waals surface area contributed by atoms with Crippen molar-refractivity contribution in [2.24, 2.45) is 5.92 Å². The van der Waals surface area contributed by atoms with Crippen molar-refractivity contribution >= 4 is 46.7 Å². The van der Waals surface area contributed by atoms with Crippen molar-refractivity contribution in [1.82, 2.24) is 5.32 Å². The molecule has 1 atom stereocenters. The van der Waals surface area contributed by atoms with E-state index in [4.69, 9.17) is 27.9 Å². The number of anilines is 1. The van der Waals surface area contributed by atoms with Crippen LogP contribution in [0.25, 0.3) is 0 Å². The molecule has 1 N–H and O–H groups in total. The van der Waals surface area contributed by atoms with E-state index in [-0.39, 0.29) is 19.1 Å². The number of carbonyl (C=O) groups excluding carboxylic acids is 3. The van der Waals surface area contributed by atoms with Crippen LogP contribution >= 0.6 is 23.2 Å². The van der Waals surface area contributed by atoms with Gasteiger partial charge in [-0.2, -0.15) is 0 Å². The molecule has 3 rings (SSSR count). The molecule has 1 heterocycles. The monoisotopic (exact) mass is 420 g/mol. The lowest BCUT2D eigenvalue weighted by molar-refractivity contribution is -0.146. The van der Waals surface area contributed by atoms with Gasteiger partial charge in [-0.15, -0.1) is 0 Å². The first-order valence-electron chi connectivity index (χ1n) is 8.69. The molecule has 0 saturated carbocycles. The number of amides is 2. The summed E-state index contributed by atoms with van der Waals surface area (Å²) >= 11 is 12.1. The number of hydrogen-bond donors (Lipinski definition) is 1. The highest BCUT2D eigenvalue weighted by atomic mass is 35.5. The molecule has 0 aromatic heterocycles. The number of halogens is 2. The van der Waals surface area contributed by atoms with Crippen LogP contribution < -0.4 is 10.2 Å². The van der Waals surface area contributed by atoms with Gasteiger partial charge in [-0.05, 0) is 30.2 Å². The molecule has 0 aliphatic carbocycles. The Labute approximate surface area is 172 Å². The molecular weight excluding hydrogens is 403 g/mol. The van der Waals surface area contributed by atoms with E-state index in [0.717, 1.165) is 5.56 Å². The zero-order chi connectivity index (χ0) is 20.1. The minimum absolute atomic E-state index is 0.124. The Hall–Kier alpha value is -2.57. The first-order valence-corrected chi connectivity index (χ1v) is 9.45. The first-order chi connectivity index (χ1) is 13.5. The van der Waals surface area contributed by atoms with Crippen molar-refractivity contribution in [1.29, 1.82) is 0 Å². The molecule has 1 unspecified atom stereocenters. The molecule has 2 aromatic rings. The highest BCUT2D eigenvalue weighted by Gasteiger charge is 2.38. The minimum atomic E-state index is -0.878. The van der Waals surface area contributed by atoms with Crippen molar-refractivity contribution in [2.75, 3.05) is 18.0 Å². The minimum Gasteiger partial charge on any atom is -0.460 e. The maximum atomic E-state index is 12.6. The van der Waals surface area contributed by atoms with E-state index in [0.29, 0.717) is 28.7 Å². The summed E-state index contributed by atoms with van der Waals surface area (Å²) in [6.45, 7) is 0.168. The second kappa shape index (κ2) is 9.08. The van der Waals surface area contributed by atoms with Crippen molar-refractivity contribution in [3.05, 3.63) is 64.1 Å². The molecule has 146 valence electrons. The van der Waals surface area contributed by atoms with E-state index in [2.05, 4.69) is 5.32 Å². The molecule has 0 spiro atoms. The largest absolute Gasteiger partial charge is 0.460 e. The molecule has 2 aromatic carbocycles. The van der Waals surface area contributed by atoms with Crippen molar-refractivity contribution in [3.63, 3.8) is 0 Å². The molecular formula is C20H18Cl2N2O4. The quantitative estimate of drug-likeness (QED) is 0.574. The van der Waals surface area contributed by atoms with Crippen LogP contribution in [-0.2, 0) is 25.7 Å². The van der Waals surface area contributed by atoms with Crippen molar-refractivity contribution in [3.8, 4) is 0 Å². The number of esters is 1. The second-order valence-electron chi connectivity index (χ2n) is 6.29. The zero-order valence-corrected chi connectivity index (χ0v) is 16.4. The summed E-state index contributed by atoms with van der Waals surface area (Å²) in [5.41, 5.74) is 1.32. The molecule has 1 saturated heterocycles. The fourth-order valence-electron chi connectivity index (χ4n) is 2.93. The van der Waals surface area contributed by atoms with Gasteiger partial charge in [0.05, 0.1) is 10.7 Å². The summed E-state index contributed by atoms with van der Waals surface area (Å²) in [6.07, 6.45) is 0.326. The summed E-state index contributed by atoms with van der Waals surface area (Å²) < 4.78 is 5.11. The highest BCUT2D eigenvalue weighted by Crippen LogP contribution is 2.33. The van der Waals surface area contributed by atoms with Crippen LogP contribution in [0, 0.1) is 5.92 Å². The lowest BCUT2D eigenvalue weighted by Gasteiger charge is -2.18. The van der Waals surface area contributed by atoms with Crippen LogP contribution in [0.1, 0.15) is 12.0 Å². The number of benzene rings is 2. The molecule has 6 nitrogen and oxygen atoms in total. The second-order valence-corrected chi connectivity index (χ2v) is 7.13. The average molecular weight is 421 g/mol. The number of ether oxygens (including phenoxy) is 1. The zero-order valence-electron chi connectivity index (χ0n) is 14.9. The molecule has 0 radical (unpaired) electrons. The van der Waals surface area contributed by atoms with E-state index in [1.165, 1.54) is 4.90 Å². The van der Waals surface area contributed by atoms with Gasteiger partial charge in [0.25, 0.3) is 0 Å². The Bertz CT molecular complexity index is 889. The molecule has 1 fully saturated rings. The summed E-state index contributed by atoms with van der Waals surface area (Å²) in [7, 11) is 0. The molecule has 0 bridgehead atoms. The summed E-state index contributed by atoms with van der Waals surface area (Å²) in [5, 5.41) is 3.29. The number of nitrogens with one attached hydrogen (secondary N) is 1. The van der Waals surface area contributed by atoms with Crippen LogP contribution in [-0.4, -0.2) is 30.9 Å². The topological polar surface area (TPSA) is 75.7 Å². The predicted molar refractivity (Wildman–Crippen MR) is 106 cm³/mol. The third-order valence-electron chi connectivity index (χ3n) is 4.37. The van der Waals surface area contributed by atoms with Crippen LogP contribution in [0.5, 0.6) is 0 Å². The Morgan fingerprint density at radius 1 is 1.14 bits per heavy atom. The standard InChI is InChI=1S/C20H18Cl2N2O4/c21-14-6-7-16(22)17(10-14)24-9-8-15(20(24)27)19(26)23-11-18(25)28-12-13-4-2-1-3-5-13/h1-7,10,15H,8-9,11-12H2,(H,23,26). The van der Waals surface area contributed by atoms with E-state index in [9.17, 15) is 14.4 Å². The maximum absolute atomic E-state index is 12.6. The predicted octanol–water partition coefficient (Wildman–Crippen LogP) is 3.21. The van der Waals surface area contributed by atoms with E-state index >= 15 is 0 Å². The van der Waals surface area contributed by atoms with Crippen molar-refractivity contribution in [2.45, 2.75) is 13.0 Å². The Kier molecular flexibility index (Phi) is 6.54. The number of hydrogen-bond acceptors (Lipinski definition) is 4. The van der Waals surface area contributed by atoms with Crippen LogP contribution in [0.3, 0.4) is 0 Å². The van der Waals surface area contributed by atoms with Crippen LogP contribution in [0.4, 0.5) is 5.69 Å². The van der Waals surface area contributed by atoms with Crippen LogP contribution in [0.2, 0.25) is 10.0 Å². The lowest BCUT2D eigenvalue weighted by Crippen LogP contribution is -2.39. The molecule has 8 heteroatoms. The van der Waals surface area contributed by atoms with Gasteiger partial charge in [0.2, 0.25) is 11.8 Å². The average Bonchev–Trinajstić information content (AvgIpc) is 3.08. The van der Waals surface area contributed by atoms with E-state index in [1.54, 1.807) is 18.2 Å². The number of nitrogens with zero attached hydrogens (tertiary/aromatic N) is 1. The normalized spacial score (nSPS) is 16.1. The van der Waals surface area contributed by atoms with Crippen molar-refractivity contribution < 1.29 is 19.1 Å². The molecule has 1 aliphatic heterocycles. The third kappa shape index (κ3) is 4.82. The molecule has 2 amide bonds. The highest BCUT2D eigenvalue weighted by molar-refractivity contribution is 6.36. The van der Waals surface area contributed by atoms with Crippen LogP contribution in [0.15, 0.2) is 48.5 Å². The third-order valence-corrected chi connectivity index (χ3v) is 4.93. The Morgan fingerprint density at radius 2 is 1.89 bits per heavy atom. The Morgan fingerprint density at radius 3 is 2.64 bits per heavy atom. The smallest absolute Gasteiger partial charge is 0.325 e. The Balaban J connectivity index is 1.51. The van der Waals surface area contributed by atoms with E-state index in [1.807, 2.05) is 30.3 Å². The van der Waals surface area contributed by atoms with Gasteiger partial charge >= 0.3 is 5.97 Å². The maximum Gasteiger partial charge on any atom is 0.325 e. The van der Waals surface area contributed by atoms with Gasteiger partial charge in [-0.1, -0.05) is 53.5 Å².